The van der Waals surface area contributed by atoms with Crippen LogP contribution < -0.4 is 15.4 Å². The summed E-state index contributed by atoms with van der Waals surface area (Å²) in [4.78, 5) is 62.8. The van der Waals surface area contributed by atoms with Gasteiger partial charge in [0.15, 0.2) is 5.03 Å². The molecule has 5 atom stereocenters. The van der Waals surface area contributed by atoms with Crippen LogP contribution in [0.2, 0.25) is 0 Å². The van der Waals surface area contributed by atoms with Gasteiger partial charge in [-0.1, -0.05) is 76.6 Å². The number of nitrogens with one attached hydrogen (secondary N) is 3. The highest BCUT2D eigenvalue weighted by atomic mass is 32.2. The smallest absolute Gasteiger partial charge is 0.408 e. The molecular weight excluding hydrogens is 725 g/mol. The van der Waals surface area contributed by atoms with Gasteiger partial charge >= 0.3 is 6.09 Å². The number of amides is 4. The zero-order valence-electron chi connectivity index (χ0n) is 32.8. The van der Waals surface area contributed by atoms with Crippen LogP contribution in [0.1, 0.15) is 85.0 Å². The van der Waals surface area contributed by atoms with Crippen LogP contribution in [-0.2, 0) is 35.6 Å². The fraction of sp³-hybridized carbons (Fsp3) is 0.513. The molecule has 2 aromatic heterocycles. The second-order valence-corrected chi connectivity index (χ2v) is 18.0. The van der Waals surface area contributed by atoms with Crippen molar-refractivity contribution in [1.29, 1.82) is 0 Å². The number of nitrogens with zero attached hydrogens (tertiary/aromatic N) is 5. The van der Waals surface area contributed by atoms with E-state index < -0.39 is 74.4 Å². The molecule has 296 valence electrons. The van der Waals surface area contributed by atoms with Crippen LogP contribution >= 0.6 is 0 Å². The third kappa shape index (κ3) is 9.23. The minimum atomic E-state index is -4.39. The first kappa shape index (κ1) is 41.1. The Kier molecular flexibility index (Phi) is 11.6. The van der Waals surface area contributed by atoms with Gasteiger partial charge in [-0.2, -0.15) is 23.4 Å². The van der Waals surface area contributed by atoms with Crippen LogP contribution in [-0.4, -0.2) is 86.9 Å². The molecule has 0 spiro atoms. The monoisotopic (exact) mass is 776 g/mol. The topological polar surface area (TPSA) is 195 Å². The lowest BCUT2D eigenvalue weighted by atomic mass is 9.85. The molecule has 0 bridgehead atoms. The number of pyridine rings is 1. The van der Waals surface area contributed by atoms with Crippen molar-refractivity contribution in [2.75, 3.05) is 6.54 Å². The Morgan fingerprint density at radius 1 is 1.05 bits per heavy atom. The quantitative estimate of drug-likeness (QED) is 0.224. The number of hydrogen-bond donors (Lipinski definition) is 3. The number of ether oxygens (including phenoxy) is 1. The zero-order valence-corrected chi connectivity index (χ0v) is 33.6. The lowest BCUT2D eigenvalue weighted by Gasteiger charge is -2.36. The molecule has 1 aromatic carbocycles. The Bertz CT molecular complexity index is 2040. The third-order valence-electron chi connectivity index (χ3n) is 9.64. The Labute approximate surface area is 322 Å². The van der Waals surface area contributed by atoms with Crippen molar-refractivity contribution in [1.82, 2.24) is 40.2 Å². The summed E-state index contributed by atoms with van der Waals surface area (Å²) in [6.07, 6.45) is 3.66. The molecule has 2 aliphatic rings. The minimum absolute atomic E-state index is 0.00549. The van der Waals surface area contributed by atoms with Gasteiger partial charge in [-0.05, 0) is 57.6 Å². The third-order valence-corrected chi connectivity index (χ3v) is 10.9. The maximum atomic E-state index is 14.6. The summed E-state index contributed by atoms with van der Waals surface area (Å²) in [5.74, 6) is -2.78. The summed E-state index contributed by atoms with van der Waals surface area (Å²) in [6.45, 7) is 18.1. The number of sulfonamides is 1. The molecule has 1 aliphatic carbocycles. The molecule has 0 radical (unpaired) electrons. The maximum absolute atomic E-state index is 14.6. The number of aromatic nitrogens is 4. The predicted octanol–water partition coefficient (Wildman–Crippen LogP) is 4.25. The highest BCUT2D eigenvalue weighted by Crippen LogP contribution is 2.45. The number of carbonyl (C=O) groups excluding carboxylic acids is 4. The second-order valence-electron chi connectivity index (χ2n) is 16.4. The summed E-state index contributed by atoms with van der Waals surface area (Å²) in [7, 11) is -4.39. The van der Waals surface area contributed by atoms with Crippen LogP contribution in [0.3, 0.4) is 0 Å². The Balaban J connectivity index is 1.49. The first-order valence-electron chi connectivity index (χ1n) is 18.4. The molecule has 1 saturated carbocycles. The van der Waals surface area contributed by atoms with Gasteiger partial charge in [-0.15, -0.1) is 6.58 Å². The SMILES string of the molecule is C=C[C@@H]1C[C@@]1(NC(=O)[C@@H]1C[C@@H](n2nc(CCC)c(-c3ccccc3)n2)CN1C(=O)[C@H](NC(=O)OC(C)(C)C)C(C)(C)C)C(=O)NS(=O)(=O)c1ccc(C)cn1. The van der Waals surface area contributed by atoms with E-state index >= 15 is 0 Å². The van der Waals surface area contributed by atoms with Crippen molar-refractivity contribution in [2.45, 2.75) is 115 Å². The summed E-state index contributed by atoms with van der Waals surface area (Å²) in [5.41, 5.74) is -0.242. The largest absolute Gasteiger partial charge is 0.444 e. The van der Waals surface area contributed by atoms with Crippen LogP contribution in [0.15, 0.2) is 66.3 Å². The van der Waals surface area contributed by atoms with Crippen LogP contribution in [0.4, 0.5) is 4.79 Å². The number of hydrogen-bond acceptors (Lipinski definition) is 10. The van der Waals surface area contributed by atoms with Crippen LogP contribution in [0.25, 0.3) is 11.3 Å². The van der Waals surface area contributed by atoms with Gasteiger partial charge in [0.2, 0.25) is 11.8 Å². The molecule has 3 heterocycles. The van der Waals surface area contributed by atoms with Crippen LogP contribution in [0, 0.1) is 18.3 Å². The fourth-order valence-electron chi connectivity index (χ4n) is 6.67. The van der Waals surface area contributed by atoms with Crippen molar-refractivity contribution in [3.8, 4) is 11.3 Å². The highest BCUT2D eigenvalue weighted by Gasteiger charge is 2.61. The Morgan fingerprint density at radius 2 is 1.75 bits per heavy atom. The molecule has 1 aliphatic heterocycles. The molecule has 15 nitrogen and oxygen atoms in total. The van der Waals surface area contributed by atoms with E-state index in [0.717, 1.165) is 23.2 Å². The maximum Gasteiger partial charge on any atom is 0.408 e. The molecule has 55 heavy (non-hydrogen) atoms. The van der Waals surface area contributed by atoms with Gasteiger partial charge in [0.1, 0.15) is 28.9 Å². The minimum Gasteiger partial charge on any atom is -0.444 e. The van der Waals surface area contributed by atoms with E-state index in [1.54, 1.807) is 59.3 Å². The summed E-state index contributed by atoms with van der Waals surface area (Å²) < 4.78 is 33.9. The van der Waals surface area contributed by atoms with Gasteiger partial charge < -0.3 is 20.3 Å². The second kappa shape index (κ2) is 15.6. The van der Waals surface area contributed by atoms with E-state index in [1.807, 2.05) is 37.3 Å². The number of likely N-dealkylation sites (tertiary alicyclic amines) is 1. The molecule has 0 unspecified atom stereocenters. The average molecular weight is 777 g/mol. The first-order valence-corrected chi connectivity index (χ1v) is 19.9. The molecule has 2 fully saturated rings. The molecule has 3 N–H and O–H groups in total. The Morgan fingerprint density at radius 3 is 2.31 bits per heavy atom. The normalized spacial score (nSPS) is 21.7. The van der Waals surface area contributed by atoms with Crippen molar-refractivity contribution in [2.24, 2.45) is 11.3 Å². The molecule has 4 amide bonds. The van der Waals surface area contributed by atoms with Crippen molar-refractivity contribution in [3.63, 3.8) is 0 Å². The number of carbonyl (C=O) groups is 4. The van der Waals surface area contributed by atoms with Crippen LogP contribution in [0.5, 0.6) is 0 Å². The zero-order chi connectivity index (χ0) is 40.5. The van der Waals surface area contributed by atoms with E-state index in [2.05, 4.69) is 26.9 Å². The van der Waals surface area contributed by atoms with E-state index in [0.29, 0.717) is 12.1 Å². The molecule has 1 saturated heterocycles. The number of alkyl carbamates (subject to hydrolysis) is 1. The fourth-order valence-corrected chi connectivity index (χ4v) is 7.64. The van der Waals surface area contributed by atoms with Gasteiger partial charge in [-0.25, -0.2) is 14.5 Å². The lowest BCUT2D eigenvalue weighted by molar-refractivity contribution is -0.143. The molecule has 16 heteroatoms. The van der Waals surface area contributed by atoms with Gasteiger partial charge in [-0.3, -0.25) is 14.4 Å². The van der Waals surface area contributed by atoms with Crippen molar-refractivity contribution in [3.05, 3.63) is 72.6 Å². The first-order chi connectivity index (χ1) is 25.7. The highest BCUT2D eigenvalue weighted by molar-refractivity contribution is 7.90. The van der Waals surface area contributed by atoms with Gasteiger partial charge in [0.05, 0.1) is 11.7 Å². The summed E-state index contributed by atoms with van der Waals surface area (Å²) in [6, 6.07) is 9.60. The molecular formula is C39H52N8O7S. The number of rotatable bonds is 12. The molecule has 5 rings (SSSR count). The van der Waals surface area contributed by atoms with E-state index in [1.165, 1.54) is 23.2 Å². The van der Waals surface area contributed by atoms with Crippen molar-refractivity contribution >= 4 is 33.8 Å². The molecule has 3 aromatic rings. The predicted molar refractivity (Wildman–Crippen MR) is 205 cm³/mol. The summed E-state index contributed by atoms with van der Waals surface area (Å²) in [5, 5.41) is 14.9. The summed E-state index contributed by atoms with van der Waals surface area (Å²) >= 11 is 0. The van der Waals surface area contributed by atoms with Gasteiger partial charge in [0.25, 0.3) is 15.9 Å². The Hall–Kier alpha value is -5.12. The standard InChI is InChI=1S/C39H52N8O7S/c1-10-15-28-31(25-16-13-12-14-17-25)44-47(43-28)27-20-29(46(23-27)34(49)32(37(4,5)6)41-36(51)54-38(7,8)9)33(48)42-39(21-26(39)11-2)35(50)45-55(52,53)30-19-18-24(3)22-40-30/h11-14,16-19,22,26-27,29,32H,2,10,15,20-21,23H2,1,3-9H3,(H,41,51)(H,42,48)(H,45,50)/t26-,27-,29+,32+,39+/m1/s1. The van der Waals surface area contributed by atoms with Crippen molar-refractivity contribution < 1.29 is 32.3 Å². The number of benzene rings is 1. The lowest BCUT2D eigenvalue weighted by Crippen LogP contribution is -2.60. The van der Waals surface area contributed by atoms with Gasteiger partial charge in [0, 0.05) is 30.6 Å². The van der Waals surface area contributed by atoms with E-state index in [9.17, 15) is 27.6 Å². The van der Waals surface area contributed by atoms with E-state index in [4.69, 9.17) is 14.9 Å². The average Bonchev–Trinajstić information content (AvgIpc) is 3.40. The number of aryl methyl sites for hydroxylation is 2. The van der Waals surface area contributed by atoms with E-state index in [-0.39, 0.29) is 24.4 Å².